The summed E-state index contributed by atoms with van der Waals surface area (Å²) < 4.78 is 8.34. The van der Waals surface area contributed by atoms with Gasteiger partial charge in [0.1, 0.15) is 0 Å². The molecule has 0 rings (SSSR count). The maximum absolute atomic E-state index is 8.34. The fourth-order valence-corrected chi connectivity index (χ4v) is 0. The standard InChI is InChI=1S/Fe.O.H3P.Zr/h;;1H3;. The van der Waals surface area contributed by atoms with Gasteiger partial charge in [0, 0.05) is 17.1 Å². The van der Waals surface area contributed by atoms with Crippen LogP contribution in [0.25, 0.3) is 0 Å². The Kier molecular flexibility index (Phi) is 100. The van der Waals surface area contributed by atoms with Crippen molar-refractivity contribution >= 4 is 9.90 Å². The van der Waals surface area contributed by atoms with Crippen LogP contribution in [0.2, 0.25) is 0 Å². The number of hydrogen-bond acceptors (Lipinski definition) is 1. The zero-order valence-corrected chi connectivity index (χ0v) is 6.95. The molecule has 1 unspecified atom stereocenters. The predicted molar refractivity (Wildman–Crippen MR) is 11.8 cm³/mol. The first-order chi connectivity index (χ1) is 1.00. The van der Waals surface area contributed by atoms with E-state index in [1.165, 1.54) is 0 Å². The average Bonchev–Trinajstić information content (AvgIpc) is 1.00. The molecule has 0 aliphatic carbocycles. The van der Waals surface area contributed by atoms with Crippen LogP contribution in [0.1, 0.15) is 0 Å². The van der Waals surface area contributed by atoms with E-state index in [-0.39, 0.29) is 27.0 Å². The number of hydrogen-bond donors (Lipinski definition) is 0. The summed E-state index contributed by atoms with van der Waals surface area (Å²) in [6, 6.07) is 0. The van der Waals surface area contributed by atoms with Crippen LogP contribution in [-0.2, 0) is 44.6 Å². The molecule has 0 amide bonds. The van der Waals surface area contributed by atoms with Gasteiger partial charge in [-0.25, -0.2) is 0 Å². The molecule has 0 radical (unpaired) electrons. The third-order valence-corrected chi connectivity index (χ3v) is 0. The van der Waals surface area contributed by atoms with Gasteiger partial charge in [0.15, 0.2) is 0 Å². The van der Waals surface area contributed by atoms with E-state index in [1.54, 1.807) is 0 Å². The molecule has 0 fully saturated rings. The van der Waals surface area contributed by atoms with Gasteiger partial charge in [-0.05, 0) is 0 Å². The first kappa shape index (κ1) is 17.4. The van der Waals surface area contributed by atoms with Gasteiger partial charge in [0.05, 0.1) is 0 Å². The molecule has 0 spiro atoms. The fourth-order valence-electron chi connectivity index (χ4n) is 0. The summed E-state index contributed by atoms with van der Waals surface area (Å²) in [5, 5.41) is 0. The van der Waals surface area contributed by atoms with Crippen molar-refractivity contribution in [3.63, 3.8) is 0 Å². The molecule has 1 nitrogen and oxygen atoms in total. The number of rotatable bonds is 0. The summed E-state index contributed by atoms with van der Waals surface area (Å²) >= 11 is 0.300. The second kappa shape index (κ2) is 22.9. The molecular weight excluding hydrogens is 194 g/mol. The van der Waals surface area contributed by atoms with Crippen LogP contribution in [0.5, 0.6) is 0 Å². The van der Waals surface area contributed by atoms with E-state index in [9.17, 15) is 0 Å². The van der Waals surface area contributed by atoms with Crippen LogP contribution >= 0.6 is 9.90 Å². The zero-order chi connectivity index (χ0) is 2.00. The minimum atomic E-state index is 0. The topological polar surface area (TPSA) is 17.1 Å². The Morgan fingerprint density at radius 1 is 1.25 bits per heavy atom. The molecule has 0 saturated heterocycles. The summed E-state index contributed by atoms with van der Waals surface area (Å²) in [6.45, 7) is 0. The average molecular weight is 197 g/mol. The molecule has 26 valence electrons. The van der Waals surface area contributed by atoms with Gasteiger partial charge in [-0.2, -0.15) is 9.90 Å². The van der Waals surface area contributed by atoms with Gasteiger partial charge >= 0.3 is 27.5 Å². The second-order valence-corrected chi connectivity index (χ2v) is 0. The first-order valence-electron chi connectivity index (χ1n) is 0.204. The summed E-state index contributed by atoms with van der Waals surface area (Å²) in [7, 11) is 0. The summed E-state index contributed by atoms with van der Waals surface area (Å²) in [4.78, 5) is 0. The van der Waals surface area contributed by atoms with E-state index < -0.39 is 0 Å². The minimum absolute atomic E-state index is 0. The molecule has 4 heteroatoms. The van der Waals surface area contributed by atoms with Gasteiger partial charge in [0.25, 0.3) is 0 Å². The molecule has 0 heterocycles. The molecule has 0 N–H and O–H groups in total. The van der Waals surface area contributed by atoms with E-state index in [4.69, 9.17) is 2.81 Å². The van der Waals surface area contributed by atoms with Crippen molar-refractivity contribution in [2.75, 3.05) is 0 Å². The van der Waals surface area contributed by atoms with E-state index in [0.717, 1.165) is 0 Å². The van der Waals surface area contributed by atoms with E-state index in [0.29, 0.717) is 24.7 Å². The van der Waals surface area contributed by atoms with Crippen molar-refractivity contribution in [1.82, 2.24) is 0 Å². The van der Waals surface area contributed by atoms with Crippen molar-refractivity contribution in [3.05, 3.63) is 0 Å². The maximum atomic E-state index is 8.34. The second-order valence-electron chi connectivity index (χ2n) is 0. The van der Waals surface area contributed by atoms with Crippen LogP contribution in [-0.4, -0.2) is 0 Å². The third kappa shape index (κ3) is 9.45. The Hall–Kier alpha value is 1.63. The Bertz CT molecular complexity index is 8.00. The SMILES string of the molecule is P.[Fe].[O]=[Zr]. The molecule has 1 atom stereocenters. The Morgan fingerprint density at radius 3 is 1.25 bits per heavy atom. The van der Waals surface area contributed by atoms with E-state index in [2.05, 4.69) is 0 Å². The summed E-state index contributed by atoms with van der Waals surface area (Å²) in [6.07, 6.45) is 0. The third-order valence-electron chi connectivity index (χ3n) is 0. The molecule has 0 aliphatic heterocycles. The Labute approximate surface area is 54.3 Å². The predicted octanol–water partition coefficient (Wildman–Crippen LogP) is -0.0657. The monoisotopic (exact) mass is 196 g/mol. The van der Waals surface area contributed by atoms with Crippen molar-refractivity contribution < 1.29 is 44.6 Å². The van der Waals surface area contributed by atoms with Crippen molar-refractivity contribution in [1.29, 1.82) is 0 Å². The molecule has 0 aromatic heterocycles. The quantitative estimate of drug-likeness (QED) is 0.392. The van der Waals surface area contributed by atoms with Crippen molar-refractivity contribution in [2.24, 2.45) is 0 Å². The normalized spacial score (nSPS) is 0.750. The van der Waals surface area contributed by atoms with Crippen molar-refractivity contribution in [3.8, 4) is 0 Å². The van der Waals surface area contributed by atoms with Crippen LogP contribution in [0.15, 0.2) is 0 Å². The van der Waals surface area contributed by atoms with Crippen LogP contribution in [0, 0.1) is 0 Å². The van der Waals surface area contributed by atoms with Crippen LogP contribution < -0.4 is 0 Å². The van der Waals surface area contributed by atoms with Gasteiger partial charge < -0.3 is 0 Å². The van der Waals surface area contributed by atoms with E-state index >= 15 is 0 Å². The van der Waals surface area contributed by atoms with Gasteiger partial charge in [-0.1, -0.05) is 0 Å². The molecule has 0 bridgehead atoms. The molecule has 0 aromatic carbocycles. The first-order valence-corrected chi connectivity index (χ1v) is 1.21. The molecule has 4 heavy (non-hydrogen) atoms. The summed E-state index contributed by atoms with van der Waals surface area (Å²) in [5.41, 5.74) is 0. The molecule has 0 aromatic rings. The van der Waals surface area contributed by atoms with Gasteiger partial charge in [0.2, 0.25) is 0 Å². The van der Waals surface area contributed by atoms with Gasteiger partial charge in [-0.3, -0.25) is 0 Å². The van der Waals surface area contributed by atoms with Gasteiger partial charge in [-0.15, -0.1) is 0 Å². The van der Waals surface area contributed by atoms with Crippen LogP contribution in [0.4, 0.5) is 0 Å². The van der Waals surface area contributed by atoms with Crippen LogP contribution in [0.3, 0.4) is 0 Å². The molecular formula is H3FeOPZr. The molecule has 0 saturated carbocycles. The van der Waals surface area contributed by atoms with Crippen molar-refractivity contribution in [2.45, 2.75) is 0 Å². The van der Waals surface area contributed by atoms with E-state index in [1.807, 2.05) is 0 Å². The zero-order valence-electron chi connectivity index (χ0n) is 1.97. The summed E-state index contributed by atoms with van der Waals surface area (Å²) in [5.74, 6) is 0. The Balaban J connectivity index is -0.00000000500. The Morgan fingerprint density at radius 2 is 1.25 bits per heavy atom. The fraction of sp³-hybridized carbons (Fsp3) is 0. The molecule has 0 aliphatic rings.